The summed E-state index contributed by atoms with van der Waals surface area (Å²) < 4.78 is 0. The summed E-state index contributed by atoms with van der Waals surface area (Å²) in [5, 5.41) is 2.78. The number of alkyl halides is 1. The van der Waals surface area contributed by atoms with Gasteiger partial charge in [-0.25, -0.2) is 0 Å². The van der Waals surface area contributed by atoms with Crippen molar-refractivity contribution in [2.24, 2.45) is 0 Å². The minimum absolute atomic E-state index is 0.0149. The largest absolute Gasteiger partial charge is 0.348 e. The molecule has 0 spiro atoms. The van der Waals surface area contributed by atoms with Gasteiger partial charge in [-0.1, -0.05) is 24.3 Å². The smallest absolute Gasteiger partial charge is 0.251 e. The van der Waals surface area contributed by atoms with Crippen LogP contribution in [0, 0.1) is 0 Å². The topological polar surface area (TPSA) is 29.1 Å². The van der Waals surface area contributed by atoms with Crippen molar-refractivity contribution >= 4 is 23.6 Å². The van der Waals surface area contributed by atoms with E-state index >= 15 is 0 Å². The van der Waals surface area contributed by atoms with E-state index in [4.69, 9.17) is 11.6 Å². The van der Waals surface area contributed by atoms with E-state index in [-0.39, 0.29) is 5.91 Å². The van der Waals surface area contributed by atoms with Gasteiger partial charge in [-0.2, -0.15) is 0 Å². The summed E-state index contributed by atoms with van der Waals surface area (Å²) in [7, 11) is 0. The molecule has 14 heavy (non-hydrogen) atoms. The highest BCUT2D eigenvalue weighted by molar-refractivity contribution is 6.19. The number of rotatable bonds is 2. The zero-order valence-corrected chi connectivity index (χ0v) is 8.34. The molecule has 0 saturated heterocycles. The minimum atomic E-state index is 0.0149. The van der Waals surface area contributed by atoms with E-state index in [2.05, 4.69) is 5.32 Å². The van der Waals surface area contributed by atoms with Crippen molar-refractivity contribution in [3.63, 3.8) is 0 Å². The Morgan fingerprint density at radius 1 is 1.50 bits per heavy atom. The number of carbonyl (C=O) groups excluding carboxylic acids is 1. The molecule has 2 rings (SSSR count). The van der Waals surface area contributed by atoms with Gasteiger partial charge in [-0.15, -0.1) is 11.6 Å². The lowest BCUT2D eigenvalue weighted by Gasteiger charge is -1.97. The summed E-state index contributed by atoms with van der Waals surface area (Å²) in [4.78, 5) is 11.3. The fourth-order valence-corrected chi connectivity index (χ4v) is 1.60. The fraction of sp³-hybridized carbons (Fsp3) is 0.182. The SMILES string of the molecule is O=C1NCc2ccc(C=CCCl)cc21. The Morgan fingerprint density at radius 3 is 3.14 bits per heavy atom. The summed E-state index contributed by atoms with van der Waals surface area (Å²) in [5.41, 5.74) is 2.86. The van der Waals surface area contributed by atoms with E-state index in [0.717, 1.165) is 16.7 Å². The van der Waals surface area contributed by atoms with E-state index in [0.29, 0.717) is 12.4 Å². The highest BCUT2D eigenvalue weighted by atomic mass is 35.5. The number of carbonyl (C=O) groups is 1. The molecule has 0 unspecified atom stereocenters. The van der Waals surface area contributed by atoms with Crippen molar-refractivity contribution in [1.29, 1.82) is 0 Å². The predicted octanol–water partition coefficient (Wildman–Crippen LogP) is 2.18. The average molecular weight is 208 g/mol. The molecule has 2 nitrogen and oxygen atoms in total. The molecule has 1 heterocycles. The van der Waals surface area contributed by atoms with Crippen LogP contribution in [-0.4, -0.2) is 11.8 Å². The monoisotopic (exact) mass is 207 g/mol. The lowest BCUT2D eigenvalue weighted by Crippen LogP contribution is -2.12. The molecule has 1 N–H and O–H groups in total. The van der Waals surface area contributed by atoms with Gasteiger partial charge in [0.2, 0.25) is 0 Å². The molecule has 0 aliphatic carbocycles. The maximum absolute atomic E-state index is 11.3. The lowest BCUT2D eigenvalue weighted by atomic mass is 10.1. The standard InChI is InChI=1S/C11H10ClNO/c12-5-1-2-8-3-4-9-7-13-11(14)10(9)6-8/h1-4,6H,5,7H2,(H,13,14). The fourth-order valence-electron chi connectivity index (χ4n) is 1.51. The van der Waals surface area contributed by atoms with Crippen molar-refractivity contribution in [2.75, 3.05) is 5.88 Å². The van der Waals surface area contributed by atoms with Crippen molar-refractivity contribution in [3.05, 3.63) is 41.0 Å². The zero-order chi connectivity index (χ0) is 9.97. The Morgan fingerprint density at radius 2 is 2.36 bits per heavy atom. The van der Waals surface area contributed by atoms with E-state index < -0.39 is 0 Å². The van der Waals surface area contributed by atoms with Crippen molar-refractivity contribution in [2.45, 2.75) is 6.54 Å². The van der Waals surface area contributed by atoms with E-state index in [9.17, 15) is 4.79 Å². The van der Waals surface area contributed by atoms with Gasteiger partial charge >= 0.3 is 0 Å². The summed E-state index contributed by atoms with van der Waals surface area (Å²) >= 11 is 5.53. The van der Waals surface area contributed by atoms with Gasteiger partial charge in [0.1, 0.15) is 0 Å². The van der Waals surface area contributed by atoms with Gasteiger partial charge in [-0.3, -0.25) is 4.79 Å². The number of allylic oxidation sites excluding steroid dienone is 1. The maximum Gasteiger partial charge on any atom is 0.251 e. The molecule has 0 saturated carbocycles. The summed E-state index contributed by atoms with van der Waals surface area (Å²) in [5.74, 6) is 0.504. The molecule has 0 aromatic heterocycles. The molecular formula is C11H10ClNO. The van der Waals surface area contributed by atoms with Crippen LogP contribution in [0.3, 0.4) is 0 Å². The third kappa shape index (κ3) is 1.66. The third-order valence-electron chi connectivity index (χ3n) is 2.22. The normalized spacial score (nSPS) is 14.5. The number of halogens is 1. The molecule has 1 aromatic rings. The first-order chi connectivity index (χ1) is 6.81. The Balaban J connectivity index is 2.35. The van der Waals surface area contributed by atoms with Crippen LogP contribution in [0.2, 0.25) is 0 Å². The molecule has 3 heteroatoms. The van der Waals surface area contributed by atoms with Crippen LogP contribution in [0.25, 0.3) is 6.08 Å². The second kappa shape index (κ2) is 3.84. The van der Waals surface area contributed by atoms with E-state index in [1.807, 2.05) is 30.4 Å². The van der Waals surface area contributed by atoms with Gasteiger partial charge in [0.15, 0.2) is 0 Å². The second-order valence-electron chi connectivity index (χ2n) is 3.16. The maximum atomic E-state index is 11.3. The molecule has 0 bridgehead atoms. The van der Waals surface area contributed by atoms with Crippen LogP contribution in [-0.2, 0) is 6.54 Å². The first-order valence-corrected chi connectivity index (χ1v) is 4.98. The molecule has 72 valence electrons. The number of fused-ring (bicyclic) bond motifs is 1. The molecule has 0 fully saturated rings. The van der Waals surface area contributed by atoms with Gasteiger partial charge in [0, 0.05) is 18.0 Å². The highest BCUT2D eigenvalue weighted by Crippen LogP contribution is 2.17. The number of benzene rings is 1. The van der Waals surface area contributed by atoms with Crippen molar-refractivity contribution in [1.82, 2.24) is 5.32 Å². The quantitative estimate of drug-likeness (QED) is 0.740. The Kier molecular flexibility index (Phi) is 2.55. The first kappa shape index (κ1) is 9.28. The summed E-state index contributed by atoms with van der Waals surface area (Å²) in [6, 6.07) is 5.85. The Hall–Kier alpha value is -1.28. The molecule has 0 radical (unpaired) electrons. The molecule has 1 amide bonds. The first-order valence-electron chi connectivity index (χ1n) is 4.45. The Labute approximate surface area is 87.6 Å². The predicted molar refractivity (Wildman–Crippen MR) is 57.4 cm³/mol. The molecule has 1 aliphatic rings. The number of amides is 1. The van der Waals surface area contributed by atoms with Crippen molar-refractivity contribution in [3.8, 4) is 0 Å². The highest BCUT2D eigenvalue weighted by Gasteiger charge is 2.17. The average Bonchev–Trinajstić information content (AvgIpc) is 2.57. The molecule has 0 atom stereocenters. The van der Waals surface area contributed by atoms with Gasteiger partial charge in [0.25, 0.3) is 5.91 Å². The van der Waals surface area contributed by atoms with Gasteiger partial charge in [0.05, 0.1) is 0 Å². The van der Waals surface area contributed by atoms with Crippen molar-refractivity contribution < 1.29 is 4.79 Å². The van der Waals surface area contributed by atoms with Gasteiger partial charge < -0.3 is 5.32 Å². The number of hydrogen-bond donors (Lipinski definition) is 1. The molecule has 1 aromatic carbocycles. The third-order valence-corrected chi connectivity index (χ3v) is 2.40. The molecule has 1 aliphatic heterocycles. The summed E-state index contributed by atoms with van der Waals surface area (Å²) in [6.45, 7) is 0.646. The number of nitrogens with one attached hydrogen (secondary N) is 1. The lowest BCUT2D eigenvalue weighted by molar-refractivity contribution is 0.0966. The second-order valence-corrected chi connectivity index (χ2v) is 3.46. The van der Waals surface area contributed by atoms with Gasteiger partial charge in [-0.05, 0) is 17.2 Å². The van der Waals surface area contributed by atoms with Crippen LogP contribution >= 0.6 is 11.6 Å². The summed E-state index contributed by atoms with van der Waals surface area (Å²) in [6.07, 6.45) is 3.77. The van der Waals surface area contributed by atoms with Crippen LogP contribution in [0.5, 0.6) is 0 Å². The van der Waals surface area contributed by atoms with Crippen LogP contribution in [0.1, 0.15) is 21.5 Å². The van der Waals surface area contributed by atoms with Crippen LogP contribution < -0.4 is 5.32 Å². The number of hydrogen-bond acceptors (Lipinski definition) is 1. The zero-order valence-electron chi connectivity index (χ0n) is 7.59. The minimum Gasteiger partial charge on any atom is -0.348 e. The Bertz CT molecular complexity index is 398. The van der Waals surface area contributed by atoms with Crippen LogP contribution in [0.4, 0.5) is 0 Å². The van der Waals surface area contributed by atoms with E-state index in [1.54, 1.807) is 0 Å². The van der Waals surface area contributed by atoms with Crippen LogP contribution in [0.15, 0.2) is 24.3 Å². The molecular weight excluding hydrogens is 198 g/mol. The van der Waals surface area contributed by atoms with E-state index in [1.165, 1.54) is 0 Å².